The molecule has 0 saturated carbocycles. The highest BCUT2D eigenvalue weighted by Crippen LogP contribution is 2.28. The van der Waals surface area contributed by atoms with Crippen LogP contribution in [0.5, 0.6) is 5.75 Å². The molecule has 0 radical (unpaired) electrons. The van der Waals surface area contributed by atoms with Crippen molar-refractivity contribution in [2.45, 2.75) is 44.0 Å². The number of hydrogen-bond donors (Lipinski definition) is 1. The summed E-state index contributed by atoms with van der Waals surface area (Å²) in [5.41, 5.74) is 1.58. The Balaban J connectivity index is 1.37. The number of ether oxygens (including phenoxy) is 6. The van der Waals surface area contributed by atoms with E-state index >= 15 is 0 Å². The van der Waals surface area contributed by atoms with Gasteiger partial charge in [-0.1, -0.05) is 0 Å². The minimum Gasteiger partial charge on any atom is -0.416 e. The lowest BCUT2D eigenvalue weighted by Gasteiger charge is -2.43. The molecule has 0 unspecified atom stereocenters. The van der Waals surface area contributed by atoms with E-state index < -0.39 is 43.2 Å². The third-order valence-corrected chi connectivity index (χ3v) is 5.98. The van der Waals surface area contributed by atoms with Gasteiger partial charge in [0.25, 0.3) is 0 Å². The molecule has 1 fully saturated rings. The molecule has 39 heavy (non-hydrogen) atoms. The lowest BCUT2D eigenvalue weighted by molar-refractivity contribution is -0.288. The molecule has 11 nitrogen and oxygen atoms in total. The van der Waals surface area contributed by atoms with Gasteiger partial charge in [0.05, 0.1) is 11.8 Å². The van der Waals surface area contributed by atoms with E-state index in [9.17, 15) is 18.0 Å². The second kappa shape index (κ2) is 12.0. The minimum atomic E-state index is -4.77. The topological polar surface area (TPSA) is 115 Å². The highest BCUT2D eigenvalue weighted by atomic mass is 19.4. The first-order valence-corrected chi connectivity index (χ1v) is 11.7. The lowest BCUT2D eigenvalue weighted by Crippen LogP contribution is -2.59. The van der Waals surface area contributed by atoms with Crippen molar-refractivity contribution in [3.05, 3.63) is 54.9 Å². The van der Waals surface area contributed by atoms with E-state index in [1.165, 1.54) is 56.6 Å². The number of anilines is 1. The van der Waals surface area contributed by atoms with Crippen LogP contribution in [0.3, 0.4) is 0 Å². The molecular formula is C25H27F3N4O7. The third-order valence-electron chi connectivity index (χ3n) is 5.98. The smallest absolute Gasteiger partial charge is 0.416 e. The van der Waals surface area contributed by atoms with Crippen molar-refractivity contribution in [3.63, 3.8) is 0 Å². The van der Waals surface area contributed by atoms with E-state index in [-0.39, 0.29) is 5.75 Å². The van der Waals surface area contributed by atoms with Gasteiger partial charge < -0.3 is 28.4 Å². The summed E-state index contributed by atoms with van der Waals surface area (Å²) in [5.74, 6) is 0.0266. The molecular weight excluding hydrogens is 525 g/mol. The van der Waals surface area contributed by atoms with Crippen LogP contribution in [-0.2, 0) is 23.7 Å². The summed E-state index contributed by atoms with van der Waals surface area (Å²) in [7, 11) is 4.51. The maximum absolute atomic E-state index is 12.6. The molecule has 1 amide bonds. The SMILES string of the molecule is CO[C@@H]1[C@@H](OC)[C@H](C)O[C@@H](OC(=O)Nc2ccc(-c3ncn(-c4ccc(OC(F)(F)F)cc4)n3)cc2)[C@@H]1OC. The monoisotopic (exact) mass is 552 g/mol. The Bertz CT molecular complexity index is 1240. The van der Waals surface area contributed by atoms with Gasteiger partial charge in [0.2, 0.25) is 6.29 Å². The predicted octanol–water partition coefficient (Wildman–Crippen LogP) is 4.17. The number of aromatic nitrogens is 3. The first kappa shape index (κ1) is 28.3. The Hall–Kier alpha value is -3.72. The fourth-order valence-corrected chi connectivity index (χ4v) is 4.19. The van der Waals surface area contributed by atoms with Crippen LogP contribution in [0.4, 0.5) is 23.7 Å². The third kappa shape index (κ3) is 6.84. The summed E-state index contributed by atoms with van der Waals surface area (Å²) < 4.78 is 70.0. The Kier molecular flexibility index (Phi) is 8.70. The molecule has 4 rings (SSSR count). The maximum Gasteiger partial charge on any atom is 0.573 e. The normalized spacial score (nSPS) is 23.3. The maximum atomic E-state index is 12.6. The van der Waals surface area contributed by atoms with Gasteiger partial charge in [0.1, 0.15) is 30.4 Å². The number of nitrogens with one attached hydrogen (secondary N) is 1. The van der Waals surface area contributed by atoms with Crippen LogP contribution in [0, 0.1) is 0 Å². The molecule has 0 aliphatic carbocycles. The van der Waals surface area contributed by atoms with E-state index in [0.29, 0.717) is 22.8 Å². The molecule has 1 aliphatic rings. The molecule has 1 aliphatic heterocycles. The van der Waals surface area contributed by atoms with Gasteiger partial charge in [-0.05, 0) is 55.5 Å². The summed E-state index contributed by atoms with van der Waals surface area (Å²) >= 11 is 0. The number of alkyl halides is 3. The molecule has 0 spiro atoms. The zero-order valence-electron chi connectivity index (χ0n) is 21.4. The average Bonchev–Trinajstić information content (AvgIpc) is 3.38. The average molecular weight is 553 g/mol. The summed E-state index contributed by atoms with van der Waals surface area (Å²) in [5, 5.41) is 6.99. The quantitative estimate of drug-likeness (QED) is 0.440. The summed E-state index contributed by atoms with van der Waals surface area (Å²) in [6.07, 6.45) is -7.17. The first-order valence-electron chi connectivity index (χ1n) is 11.7. The largest absolute Gasteiger partial charge is 0.573 e. The van der Waals surface area contributed by atoms with Crippen molar-refractivity contribution in [1.29, 1.82) is 0 Å². The molecule has 1 aromatic heterocycles. The number of benzene rings is 2. The van der Waals surface area contributed by atoms with Crippen molar-refractivity contribution in [2.75, 3.05) is 26.6 Å². The molecule has 0 bridgehead atoms. The van der Waals surface area contributed by atoms with Gasteiger partial charge >= 0.3 is 12.5 Å². The van der Waals surface area contributed by atoms with Gasteiger partial charge in [-0.3, -0.25) is 5.32 Å². The molecule has 2 aromatic carbocycles. The van der Waals surface area contributed by atoms with E-state index in [1.54, 1.807) is 31.2 Å². The van der Waals surface area contributed by atoms with Crippen molar-refractivity contribution >= 4 is 11.8 Å². The highest BCUT2D eigenvalue weighted by Gasteiger charge is 2.47. The van der Waals surface area contributed by atoms with E-state index in [2.05, 4.69) is 20.1 Å². The minimum absolute atomic E-state index is 0.340. The summed E-state index contributed by atoms with van der Waals surface area (Å²) in [6.45, 7) is 1.78. The van der Waals surface area contributed by atoms with Crippen LogP contribution in [-0.4, -0.2) is 79.3 Å². The first-order chi connectivity index (χ1) is 18.6. The number of halogens is 3. The number of rotatable bonds is 8. The number of hydrogen-bond acceptors (Lipinski definition) is 9. The standard InChI is InChI=1S/C25H27F3N4O7/c1-14-19(34-2)20(35-3)21(36-4)23(37-14)38-24(33)30-16-7-5-15(6-8-16)22-29-13-32(31-22)17-9-11-18(12-10-17)39-25(26,27)28/h5-14,19-21,23H,1-4H3,(H,30,33)/t14-,19-,20+,21+,23-/m0/s1. The summed E-state index contributed by atoms with van der Waals surface area (Å²) in [6, 6.07) is 11.9. The second-order valence-corrected chi connectivity index (χ2v) is 8.47. The highest BCUT2D eigenvalue weighted by molar-refractivity contribution is 5.85. The zero-order chi connectivity index (χ0) is 28.2. The fraction of sp³-hybridized carbons (Fsp3) is 0.400. The molecule has 3 aromatic rings. The molecule has 1 saturated heterocycles. The number of carbonyl (C=O) groups excluding carboxylic acids is 1. The van der Waals surface area contributed by atoms with Crippen LogP contribution in [0.25, 0.3) is 17.1 Å². The number of carbonyl (C=O) groups is 1. The second-order valence-electron chi connectivity index (χ2n) is 8.47. The Morgan fingerprint density at radius 2 is 1.59 bits per heavy atom. The van der Waals surface area contributed by atoms with E-state index in [0.717, 1.165) is 0 Å². The Morgan fingerprint density at radius 1 is 0.949 bits per heavy atom. The van der Waals surface area contributed by atoms with Crippen LogP contribution < -0.4 is 10.1 Å². The Morgan fingerprint density at radius 3 is 2.18 bits per heavy atom. The van der Waals surface area contributed by atoms with Gasteiger partial charge in [-0.15, -0.1) is 18.3 Å². The molecule has 5 atom stereocenters. The van der Waals surface area contributed by atoms with Gasteiger partial charge in [0, 0.05) is 32.6 Å². The van der Waals surface area contributed by atoms with Crippen molar-refractivity contribution in [2.24, 2.45) is 0 Å². The lowest BCUT2D eigenvalue weighted by atomic mass is 9.99. The van der Waals surface area contributed by atoms with Gasteiger partial charge in [0.15, 0.2) is 5.82 Å². The molecule has 210 valence electrons. The van der Waals surface area contributed by atoms with Crippen LogP contribution >= 0.6 is 0 Å². The molecule has 2 heterocycles. The zero-order valence-corrected chi connectivity index (χ0v) is 21.4. The van der Waals surface area contributed by atoms with E-state index in [4.69, 9.17) is 23.7 Å². The van der Waals surface area contributed by atoms with Gasteiger partial charge in [-0.2, -0.15) is 0 Å². The number of amides is 1. The Labute approximate surface area is 221 Å². The molecule has 1 N–H and O–H groups in total. The van der Waals surface area contributed by atoms with Crippen LogP contribution in [0.1, 0.15) is 6.92 Å². The van der Waals surface area contributed by atoms with Crippen molar-refractivity contribution in [1.82, 2.24) is 14.8 Å². The van der Waals surface area contributed by atoms with Crippen molar-refractivity contribution in [3.8, 4) is 22.8 Å². The van der Waals surface area contributed by atoms with Crippen LogP contribution in [0.2, 0.25) is 0 Å². The predicted molar refractivity (Wildman–Crippen MR) is 130 cm³/mol. The van der Waals surface area contributed by atoms with Crippen molar-refractivity contribution < 1.29 is 46.4 Å². The van der Waals surface area contributed by atoms with Crippen LogP contribution in [0.15, 0.2) is 54.9 Å². The number of nitrogens with zero attached hydrogens (tertiary/aromatic N) is 3. The fourth-order valence-electron chi connectivity index (χ4n) is 4.19. The molecule has 14 heteroatoms. The van der Waals surface area contributed by atoms with Gasteiger partial charge in [-0.25, -0.2) is 14.5 Å². The summed E-state index contributed by atoms with van der Waals surface area (Å²) in [4.78, 5) is 16.8. The number of methoxy groups -OCH3 is 3. The van der Waals surface area contributed by atoms with E-state index in [1.807, 2.05) is 0 Å².